The molecule has 1 aromatic heterocycles. The highest BCUT2D eigenvalue weighted by molar-refractivity contribution is 5.82. The number of nitrogens with zero attached hydrogens (tertiary/aromatic N) is 4. The Kier molecular flexibility index (Phi) is 4.13. The Morgan fingerprint density at radius 2 is 1.88 bits per heavy atom. The molecular weight excluding hydrogens is 320 g/mol. The Morgan fingerprint density at radius 3 is 2.64 bits per heavy atom. The van der Waals surface area contributed by atoms with Gasteiger partial charge in [-0.1, -0.05) is 12.1 Å². The van der Waals surface area contributed by atoms with E-state index in [4.69, 9.17) is 9.47 Å². The molecule has 2 aliphatic heterocycles. The van der Waals surface area contributed by atoms with Crippen LogP contribution in [0.1, 0.15) is 5.69 Å². The van der Waals surface area contributed by atoms with Crippen molar-refractivity contribution < 1.29 is 14.3 Å². The second kappa shape index (κ2) is 6.58. The third kappa shape index (κ3) is 3.22. The fraction of sp³-hybridized carbons (Fsp3) is 0.389. The smallest absolute Gasteiger partial charge is 0.267 e. The van der Waals surface area contributed by atoms with Crippen LogP contribution in [-0.2, 0) is 4.79 Å². The van der Waals surface area contributed by atoms with Gasteiger partial charge in [-0.25, -0.2) is 9.97 Å². The highest BCUT2D eigenvalue weighted by atomic mass is 16.6. The van der Waals surface area contributed by atoms with E-state index in [1.54, 1.807) is 6.33 Å². The monoisotopic (exact) mass is 340 g/mol. The van der Waals surface area contributed by atoms with Gasteiger partial charge in [-0.2, -0.15) is 0 Å². The number of ether oxygens (including phenoxy) is 2. The van der Waals surface area contributed by atoms with E-state index in [1.807, 2.05) is 42.2 Å². The summed E-state index contributed by atoms with van der Waals surface area (Å²) >= 11 is 0. The third-order valence-electron chi connectivity index (χ3n) is 4.49. The number of carbonyl (C=O) groups is 1. The summed E-state index contributed by atoms with van der Waals surface area (Å²) in [6.07, 6.45) is 0.995. The van der Waals surface area contributed by atoms with Gasteiger partial charge in [0.25, 0.3) is 5.91 Å². The minimum absolute atomic E-state index is 0.0204. The minimum atomic E-state index is -0.581. The zero-order chi connectivity index (χ0) is 17.2. The Hall–Kier alpha value is -2.83. The molecule has 0 N–H and O–H groups in total. The lowest BCUT2D eigenvalue weighted by molar-refractivity contribution is -0.141. The highest BCUT2D eigenvalue weighted by Crippen LogP contribution is 2.31. The van der Waals surface area contributed by atoms with E-state index in [2.05, 4.69) is 14.9 Å². The molecule has 130 valence electrons. The van der Waals surface area contributed by atoms with Crippen LogP contribution in [0.2, 0.25) is 0 Å². The Morgan fingerprint density at radius 1 is 1.12 bits per heavy atom. The summed E-state index contributed by atoms with van der Waals surface area (Å²) in [5.41, 5.74) is 0.940. The van der Waals surface area contributed by atoms with Crippen molar-refractivity contribution in [1.82, 2.24) is 14.9 Å². The molecular formula is C18H20N4O3. The van der Waals surface area contributed by atoms with Crippen molar-refractivity contribution in [2.75, 3.05) is 37.7 Å². The van der Waals surface area contributed by atoms with Crippen LogP contribution in [0.25, 0.3) is 0 Å². The van der Waals surface area contributed by atoms with E-state index < -0.39 is 6.10 Å². The van der Waals surface area contributed by atoms with E-state index in [9.17, 15) is 4.79 Å². The van der Waals surface area contributed by atoms with Gasteiger partial charge in [0.15, 0.2) is 11.5 Å². The fourth-order valence-corrected chi connectivity index (χ4v) is 3.11. The van der Waals surface area contributed by atoms with Crippen LogP contribution in [-0.4, -0.2) is 59.7 Å². The number of benzene rings is 1. The lowest BCUT2D eigenvalue weighted by Gasteiger charge is -2.37. The first kappa shape index (κ1) is 15.7. The van der Waals surface area contributed by atoms with E-state index >= 15 is 0 Å². The second-order valence-electron chi connectivity index (χ2n) is 6.19. The first-order valence-electron chi connectivity index (χ1n) is 8.41. The van der Waals surface area contributed by atoms with Gasteiger partial charge in [0, 0.05) is 37.9 Å². The molecule has 2 aliphatic rings. The maximum atomic E-state index is 12.7. The van der Waals surface area contributed by atoms with E-state index in [-0.39, 0.29) is 12.5 Å². The molecule has 1 atom stereocenters. The van der Waals surface area contributed by atoms with Crippen molar-refractivity contribution in [3.8, 4) is 11.5 Å². The van der Waals surface area contributed by atoms with Crippen molar-refractivity contribution >= 4 is 11.7 Å². The summed E-state index contributed by atoms with van der Waals surface area (Å²) < 4.78 is 11.5. The molecule has 4 rings (SSSR count). The predicted molar refractivity (Wildman–Crippen MR) is 91.9 cm³/mol. The van der Waals surface area contributed by atoms with Crippen LogP contribution in [0.5, 0.6) is 11.5 Å². The number of carbonyl (C=O) groups excluding carboxylic acids is 1. The van der Waals surface area contributed by atoms with E-state index in [0.717, 1.165) is 24.6 Å². The second-order valence-corrected chi connectivity index (χ2v) is 6.19. The number of aryl methyl sites for hydroxylation is 1. The lowest BCUT2D eigenvalue weighted by Crippen LogP contribution is -2.54. The standard InChI is InChI=1S/C18H20N4O3/c1-13-10-17(20-12-19-13)21-6-8-22(9-7-21)18(23)16-11-24-14-4-2-3-5-15(14)25-16/h2-5,10,12,16H,6-9,11H2,1H3. The van der Waals surface area contributed by atoms with E-state index in [1.165, 1.54) is 0 Å². The molecule has 1 fully saturated rings. The molecule has 1 amide bonds. The number of hydrogen-bond donors (Lipinski definition) is 0. The summed E-state index contributed by atoms with van der Waals surface area (Å²) in [5.74, 6) is 2.21. The molecule has 7 heteroatoms. The summed E-state index contributed by atoms with van der Waals surface area (Å²) in [7, 11) is 0. The molecule has 2 aromatic rings. The maximum absolute atomic E-state index is 12.7. The van der Waals surface area contributed by atoms with Gasteiger partial charge >= 0.3 is 0 Å². The molecule has 3 heterocycles. The topological polar surface area (TPSA) is 67.8 Å². The molecule has 0 saturated carbocycles. The van der Waals surface area contributed by atoms with Crippen LogP contribution in [0, 0.1) is 6.92 Å². The average molecular weight is 340 g/mol. The fourth-order valence-electron chi connectivity index (χ4n) is 3.11. The Balaban J connectivity index is 1.37. The number of fused-ring (bicyclic) bond motifs is 1. The summed E-state index contributed by atoms with van der Waals surface area (Å²) in [6.45, 7) is 4.97. The number of amides is 1. The average Bonchev–Trinajstić information content (AvgIpc) is 2.67. The van der Waals surface area contributed by atoms with E-state index in [0.29, 0.717) is 24.6 Å². The van der Waals surface area contributed by atoms with Crippen molar-refractivity contribution in [2.45, 2.75) is 13.0 Å². The number of hydrogen-bond acceptors (Lipinski definition) is 6. The molecule has 0 aliphatic carbocycles. The molecule has 0 spiro atoms. The number of rotatable bonds is 2. The SMILES string of the molecule is Cc1cc(N2CCN(C(=O)C3COc4ccccc4O3)CC2)ncn1. The minimum Gasteiger partial charge on any atom is -0.485 e. The normalized spacial score (nSPS) is 19.6. The first-order chi connectivity index (χ1) is 12.2. The molecule has 7 nitrogen and oxygen atoms in total. The van der Waals surface area contributed by atoms with Crippen molar-refractivity contribution in [3.05, 3.63) is 42.4 Å². The molecule has 1 aromatic carbocycles. The quantitative estimate of drug-likeness (QED) is 0.820. The van der Waals surface area contributed by atoms with Gasteiger partial charge in [-0.15, -0.1) is 0 Å². The van der Waals surface area contributed by atoms with Crippen molar-refractivity contribution in [3.63, 3.8) is 0 Å². The maximum Gasteiger partial charge on any atom is 0.267 e. The molecule has 0 bridgehead atoms. The number of anilines is 1. The third-order valence-corrected chi connectivity index (χ3v) is 4.49. The summed E-state index contributed by atoms with van der Waals surface area (Å²) in [5, 5.41) is 0. The van der Waals surface area contributed by atoms with Gasteiger partial charge in [-0.05, 0) is 19.1 Å². The van der Waals surface area contributed by atoms with Crippen molar-refractivity contribution in [2.24, 2.45) is 0 Å². The summed E-state index contributed by atoms with van der Waals surface area (Å²) in [4.78, 5) is 25.2. The van der Waals surface area contributed by atoms with Crippen LogP contribution >= 0.6 is 0 Å². The van der Waals surface area contributed by atoms with Gasteiger partial charge in [0.05, 0.1) is 0 Å². The highest BCUT2D eigenvalue weighted by Gasteiger charge is 2.32. The first-order valence-corrected chi connectivity index (χ1v) is 8.41. The van der Waals surface area contributed by atoms with Crippen LogP contribution in [0.4, 0.5) is 5.82 Å². The number of para-hydroxylation sites is 2. The van der Waals surface area contributed by atoms with Gasteiger partial charge in [0.2, 0.25) is 6.10 Å². The van der Waals surface area contributed by atoms with Gasteiger partial charge in [0.1, 0.15) is 18.8 Å². The zero-order valence-electron chi connectivity index (χ0n) is 14.1. The molecule has 0 radical (unpaired) electrons. The van der Waals surface area contributed by atoms with Crippen LogP contribution in [0.15, 0.2) is 36.7 Å². The molecule has 25 heavy (non-hydrogen) atoms. The Labute approximate surface area is 146 Å². The van der Waals surface area contributed by atoms with Gasteiger partial charge in [-0.3, -0.25) is 4.79 Å². The number of piperazine rings is 1. The lowest BCUT2D eigenvalue weighted by atomic mass is 10.2. The predicted octanol–water partition coefficient (Wildman–Crippen LogP) is 1.27. The van der Waals surface area contributed by atoms with Crippen LogP contribution in [0.3, 0.4) is 0 Å². The molecule has 1 unspecified atom stereocenters. The van der Waals surface area contributed by atoms with Gasteiger partial charge < -0.3 is 19.3 Å². The summed E-state index contributed by atoms with van der Waals surface area (Å²) in [6, 6.07) is 9.39. The largest absolute Gasteiger partial charge is 0.485 e. The number of aromatic nitrogens is 2. The van der Waals surface area contributed by atoms with Crippen LogP contribution < -0.4 is 14.4 Å². The molecule has 1 saturated heterocycles. The van der Waals surface area contributed by atoms with Crippen molar-refractivity contribution in [1.29, 1.82) is 0 Å². The zero-order valence-corrected chi connectivity index (χ0v) is 14.1. The Bertz CT molecular complexity index is 774.